The first kappa shape index (κ1) is 25.4. The molecule has 2 aliphatic carbocycles. The average Bonchev–Trinajstić information content (AvgIpc) is 3.39. The fourth-order valence-corrected chi connectivity index (χ4v) is 5.86. The van der Waals surface area contributed by atoms with Gasteiger partial charge in [-0.1, -0.05) is 32.9 Å². The van der Waals surface area contributed by atoms with Gasteiger partial charge in [0.25, 0.3) is 11.8 Å². The first-order valence-corrected chi connectivity index (χ1v) is 13.0. The molecule has 196 valence electrons. The van der Waals surface area contributed by atoms with Crippen molar-refractivity contribution in [3.8, 4) is 0 Å². The van der Waals surface area contributed by atoms with Gasteiger partial charge in [-0.25, -0.2) is 4.98 Å². The number of nitrogens with one attached hydrogen (secondary N) is 2. The van der Waals surface area contributed by atoms with Gasteiger partial charge in [0, 0.05) is 25.7 Å². The van der Waals surface area contributed by atoms with Crippen LogP contribution in [0.25, 0.3) is 0 Å². The van der Waals surface area contributed by atoms with Crippen molar-refractivity contribution in [3.63, 3.8) is 0 Å². The molecular weight excluding hydrogens is 474 g/mol. The molecule has 1 saturated carbocycles. The van der Waals surface area contributed by atoms with E-state index in [4.69, 9.17) is 0 Å². The molecule has 5 rings (SSSR count). The Balaban J connectivity index is 1.42. The summed E-state index contributed by atoms with van der Waals surface area (Å²) >= 11 is 0. The number of pyridine rings is 1. The van der Waals surface area contributed by atoms with Crippen molar-refractivity contribution in [1.82, 2.24) is 25.1 Å². The number of amides is 1. The molecule has 0 unspecified atom stereocenters. The number of alkyl halides is 2. The second kappa shape index (κ2) is 9.59. The third-order valence-corrected chi connectivity index (χ3v) is 7.56. The van der Waals surface area contributed by atoms with Gasteiger partial charge in [-0.3, -0.25) is 4.79 Å². The summed E-state index contributed by atoms with van der Waals surface area (Å²) in [6, 6.07) is 9.36. The molecule has 7 nitrogen and oxygen atoms in total. The highest BCUT2D eigenvalue weighted by atomic mass is 19.3. The van der Waals surface area contributed by atoms with Crippen molar-refractivity contribution < 1.29 is 13.6 Å². The van der Waals surface area contributed by atoms with Crippen LogP contribution in [0.3, 0.4) is 0 Å². The van der Waals surface area contributed by atoms with Crippen LogP contribution in [-0.4, -0.2) is 32.2 Å². The van der Waals surface area contributed by atoms with Crippen LogP contribution in [0.5, 0.6) is 0 Å². The van der Waals surface area contributed by atoms with E-state index in [0.29, 0.717) is 35.2 Å². The van der Waals surface area contributed by atoms with Gasteiger partial charge in [0.05, 0.1) is 5.41 Å². The molecule has 9 heteroatoms. The van der Waals surface area contributed by atoms with Crippen LogP contribution >= 0.6 is 0 Å². The van der Waals surface area contributed by atoms with Gasteiger partial charge in [-0.05, 0) is 72.5 Å². The summed E-state index contributed by atoms with van der Waals surface area (Å²) in [4.78, 5) is 17.4. The van der Waals surface area contributed by atoms with E-state index in [1.165, 1.54) is 0 Å². The van der Waals surface area contributed by atoms with E-state index in [1.807, 2.05) is 29.8 Å². The lowest BCUT2D eigenvalue weighted by atomic mass is 9.58. The van der Waals surface area contributed by atoms with Crippen LogP contribution in [-0.2, 0) is 31.4 Å². The first-order valence-electron chi connectivity index (χ1n) is 13.0. The fraction of sp³-hybridized carbons (Fsp3) is 0.500. The molecule has 2 N–H and O–H groups in total. The van der Waals surface area contributed by atoms with Gasteiger partial charge < -0.3 is 15.2 Å². The zero-order valence-corrected chi connectivity index (χ0v) is 21.8. The lowest BCUT2D eigenvalue weighted by Gasteiger charge is -2.46. The Morgan fingerprint density at radius 3 is 2.70 bits per heavy atom. The molecule has 0 aliphatic heterocycles. The van der Waals surface area contributed by atoms with Gasteiger partial charge in [-0.15, -0.1) is 10.2 Å². The summed E-state index contributed by atoms with van der Waals surface area (Å²) in [5, 5.41) is 14.7. The summed E-state index contributed by atoms with van der Waals surface area (Å²) in [7, 11) is 1.94. The van der Waals surface area contributed by atoms with E-state index in [-0.39, 0.29) is 29.6 Å². The molecule has 2 aliphatic rings. The molecule has 1 aromatic carbocycles. The van der Waals surface area contributed by atoms with E-state index in [0.717, 1.165) is 30.8 Å². The molecule has 3 aromatic rings. The maximum Gasteiger partial charge on any atom is 0.290 e. The van der Waals surface area contributed by atoms with Gasteiger partial charge in [0.15, 0.2) is 0 Å². The number of halogens is 2. The number of rotatable bonds is 8. The fourth-order valence-electron chi connectivity index (χ4n) is 5.86. The minimum atomic E-state index is -3.03. The monoisotopic (exact) mass is 508 g/mol. The normalized spacial score (nSPS) is 22.1. The van der Waals surface area contributed by atoms with Crippen molar-refractivity contribution >= 4 is 11.6 Å². The average molecular weight is 509 g/mol. The predicted octanol–water partition coefficient (Wildman–Crippen LogP) is 4.96. The largest absolute Gasteiger partial charge is 0.321 e. The minimum Gasteiger partial charge on any atom is -0.321 e. The highest BCUT2D eigenvalue weighted by Crippen LogP contribution is 2.51. The molecule has 37 heavy (non-hydrogen) atoms. The summed E-state index contributed by atoms with van der Waals surface area (Å²) in [6.07, 6.45) is 3.56. The van der Waals surface area contributed by atoms with Crippen molar-refractivity contribution in [2.45, 2.75) is 64.3 Å². The lowest BCUT2D eigenvalue weighted by molar-refractivity contribution is -0.00602. The van der Waals surface area contributed by atoms with Crippen molar-refractivity contribution in [3.05, 3.63) is 70.6 Å². The molecule has 0 bridgehead atoms. The topological polar surface area (TPSA) is 84.7 Å². The molecule has 2 heterocycles. The lowest BCUT2D eigenvalue weighted by Crippen LogP contribution is -2.43. The van der Waals surface area contributed by atoms with Gasteiger partial charge >= 0.3 is 0 Å². The standard InChI is InChI=1S/C28H34F2N6O/c1-17(2)14-31-15-19-10-23(34-24-22(19)8-9-28(24,29)30)25(37)33-21-7-5-6-20(11-21)27(12-18(3)13-27)26-35-32-16-36(26)4/h5-7,10-11,16-18,31H,8-9,12-15H2,1-4H3,(H,33,37). The summed E-state index contributed by atoms with van der Waals surface area (Å²) in [5.41, 5.74) is 2.39. The Morgan fingerprint density at radius 1 is 1.24 bits per heavy atom. The number of carbonyl (C=O) groups is 1. The molecule has 1 amide bonds. The second-order valence-corrected chi connectivity index (χ2v) is 11.1. The number of anilines is 1. The van der Waals surface area contributed by atoms with Crippen LogP contribution < -0.4 is 10.6 Å². The van der Waals surface area contributed by atoms with Crippen LogP contribution in [0, 0.1) is 11.8 Å². The second-order valence-electron chi connectivity index (χ2n) is 11.1. The quantitative estimate of drug-likeness (QED) is 0.449. The van der Waals surface area contributed by atoms with Crippen molar-refractivity contribution in [1.29, 1.82) is 0 Å². The number of hydrogen-bond donors (Lipinski definition) is 2. The van der Waals surface area contributed by atoms with Crippen LogP contribution in [0.15, 0.2) is 36.7 Å². The first-order chi connectivity index (χ1) is 17.6. The van der Waals surface area contributed by atoms with Gasteiger partial charge in [0.2, 0.25) is 0 Å². The van der Waals surface area contributed by atoms with Crippen LogP contribution in [0.1, 0.15) is 78.7 Å². The van der Waals surface area contributed by atoms with Crippen molar-refractivity contribution in [2.24, 2.45) is 18.9 Å². The molecule has 0 radical (unpaired) electrons. The molecule has 2 aromatic heterocycles. The van der Waals surface area contributed by atoms with Gasteiger partial charge in [0.1, 0.15) is 23.5 Å². The summed E-state index contributed by atoms with van der Waals surface area (Å²) in [5.74, 6) is -1.65. The number of nitrogens with zero attached hydrogens (tertiary/aromatic N) is 4. The number of benzene rings is 1. The molecule has 0 saturated heterocycles. The third-order valence-electron chi connectivity index (χ3n) is 7.56. The Bertz CT molecular complexity index is 1310. The van der Waals surface area contributed by atoms with E-state index in [9.17, 15) is 13.6 Å². The van der Waals surface area contributed by atoms with Crippen LogP contribution in [0.4, 0.5) is 14.5 Å². The third kappa shape index (κ3) is 4.77. The highest BCUT2D eigenvalue weighted by Gasteiger charge is 2.48. The Morgan fingerprint density at radius 2 is 2.03 bits per heavy atom. The molecular formula is C28H34F2N6O. The molecule has 0 spiro atoms. The maximum absolute atomic E-state index is 14.6. The highest BCUT2D eigenvalue weighted by molar-refractivity contribution is 6.03. The zero-order chi connectivity index (χ0) is 26.4. The van der Waals surface area contributed by atoms with Crippen LogP contribution in [0.2, 0.25) is 0 Å². The number of carbonyl (C=O) groups excluding carboxylic acids is 1. The SMILES string of the molecule is CC(C)CNCc1cc(C(=O)Nc2cccc(C3(c4nncn4C)CC(C)C3)c2)nc2c1CCC2(F)F. The van der Waals surface area contributed by atoms with Crippen molar-refractivity contribution in [2.75, 3.05) is 11.9 Å². The summed E-state index contributed by atoms with van der Waals surface area (Å²) < 4.78 is 31.2. The van der Waals surface area contributed by atoms with E-state index >= 15 is 0 Å². The molecule has 1 fully saturated rings. The number of aryl methyl sites for hydroxylation is 1. The molecule has 0 atom stereocenters. The Kier molecular flexibility index (Phi) is 6.60. The number of hydrogen-bond acceptors (Lipinski definition) is 5. The Labute approximate surface area is 216 Å². The minimum absolute atomic E-state index is 0.00681. The maximum atomic E-state index is 14.6. The van der Waals surface area contributed by atoms with E-state index in [1.54, 1.807) is 18.5 Å². The van der Waals surface area contributed by atoms with Gasteiger partial charge in [-0.2, -0.15) is 8.78 Å². The van der Waals surface area contributed by atoms with E-state index in [2.05, 4.69) is 46.6 Å². The predicted molar refractivity (Wildman–Crippen MR) is 138 cm³/mol. The number of fused-ring (bicyclic) bond motifs is 1. The Hall–Kier alpha value is -3.20. The zero-order valence-electron chi connectivity index (χ0n) is 21.8. The smallest absolute Gasteiger partial charge is 0.290 e. The number of aromatic nitrogens is 4. The van der Waals surface area contributed by atoms with E-state index < -0.39 is 11.8 Å². The summed E-state index contributed by atoms with van der Waals surface area (Å²) in [6.45, 7) is 7.57.